The highest BCUT2D eigenvalue weighted by Gasteiger charge is 2.41. The van der Waals surface area contributed by atoms with Gasteiger partial charge in [-0.25, -0.2) is 0 Å². The van der Waals surface area contributed by atoms with Crippen LogP contribution in [0.4, 0.5) is 0 Å². The van der Waals surface area contributed by atoms with E-state index in [9.17, 15) is 0 Å². The lowest BCUT2D eigenvalue weighted by atomic mass is 9.86. The van der Waals surface area contributed by atoms with Gasteiger partial charge in [0.2, 0.25) is 0 Å². The fraction of sp³-hybridized carbons (Fsp3) is 1.00. The summed E-state index contributed by atoms with van der Waals surface area (Å²) in [4.78, 5) is 0. The van der Waals surface area contributed by atoms with E-state index in [1.807, 2.05) is 0 Å². The molecule has 2 fully saturated rings. The Bertz CT molecular complexity index is 160. The first-order valence-electron chi connectivity index (χ1n) is 5.35. The summed E-state index contributed by atoms with van der Waals surface area (Å²) in [7, 11) is 0. The smallest absolute Gasteiger partial charge is 0.0761 e. The average Bonchev–Trinajstić information content (AvgIpc) is 2.69. The molecular weight excluding hydrogens is 198 g/mol. The second-order valence-corrected chi connectivity index (χ2v) is 7.16. The molecule has 0 spiro atoms. The summed E-state index contributed by atoms with van der Waals surface area (Å²) < 4.78 is 0.417. The van der Waals surface area contributed by atoms with Crippen LogP contribution in [0, 0.1) is 5.92 Å². The molecule has 1 aliphatic heterocycles. The molecule has 1 saturated heterocycles. The van der Waals surface area contributed by atoms with Crippen LogP contribution < -0.4 is 5.73 Å². The molecule has 0 radical (unpaired) electrons. The average molecular weight is 217 g/mol. The van der Waals surface area contributed by atoms with E-state index >= 15 is 0 Å². The first-order valence-corrected chi connectivity index (χ1v) is 7.32. The second-order valence-electron chi connectivity index (χ2n) is 4.05. The van der Waals surface area contributed by atoms with Crippen molar-refractivity contribution in [2.75, 3.05) is 18.1 Å². The standard InChI is InChI=1S/C10H19NS2/c11-8-10(12-6-7-13-10)9-4-2-1-3-5-9/h9H,1-8,11H2. The Hall–Kier alpha value is 0.660. The molecule has 3 heteroatoms. The van der Waals surface area contributed by atoms with Crippen molar-refractivity contribution in [3.63, 3.8) is 0 Å². The van der Waals surface area contributed by atoms with E-state index in [1.54, 1.807) is 0 Å². The van der Waals surface area contributed by atoms with Crippen LogP contribution in [0.3, 0.4) is 0 Å². The molecule has 0 unspecified atom stereocenters. The maximum Gasteiger partial charge on any atom is 0.0761 e. The van der Waals surface area contributed by atoms with E-state index < -0.39 is 0 Å². The summed E-state index contributed by atoms with van der Waals surface area (Å²) in [6.45, 7) is 0.882. The van der Waals surface area contributed by atoms with Gasteiger partial charge in [-0.1, -0.05) is 19.3 Å². The summed E-state index contributed by atoms with van der Waals surface area (Å²) in [5.41, 5.74) is 5.96. The fourth-order valence-corrected chi connectivity index (χ4v) is 5.90. The molecule has 0 aromatic heterocycles. The molecule has 0 aromatic carbocycles. The van der Waals surface area contributed by atoms with Crippen molar-refractivity contribution < 1.29 is 0 Å². The summed E-state index contributed by atoms with van der Waals surface area (Å²) in [6.07, 6.45) is 7.18. The quantitative estimate of drug-likeness (QED) is 0.770. The predicted molar refractivity (Wildman–Crippen MR) is 63.3 cm³/mol. The molecule has 1 nitrogen and oxygen atoms in total. The highest BCUT2D eigenvalue weighted by Crippen LogP contribution is 2.52. The number of hydrogen-bond donors (Lipinski definition) is 1. The van der Waals surface area contributed by atoms with Crippen molar-refractivity contribution in [2.24, 2.45) is 11.7 Å². The molecule has 2 rings (SSSR count). The molecule has 1 saturated carbocycles. The largest absolute Gasteiger partial charge is 0.328 e. The molecule has 2 aliphatic rings. The highest BCUT2D eigenvalue weighted by atomic mass is 32.2. The van der Waals surface area contributed by atoms with Crippen molar-refractivity contribution in [1.82, 2.24) is 0 Å². The van der Waals surface area contributed by atoms with Crippen molar-refractivity contribution in [1.29, 1.82) is 0 Å². The molecule has 13 heavy (non-hydrogen) atoms. The van der Waals surface area contributed by atoms with Crippen LogP contribution >= 0.6 is 23.5 Å². The van der Waals surface area contributed by atoms with Crippen LogP contribution in [0.2, 0.25) is 0 Å². The Morgan fingerprint density at radius 1 is 1.08 bits per heavy atom. The lowest BCUT2D eigenvalue weighted by Gasteiger charge is -2.37. The van der Waals surface area contributed by atoms with Crippen LogP contribution in [0.1, 0.15) is 32.1 Å². The molecule has 0 bridgehead atoms. The van der Waals surface area contributed by atoms with E-state index in [-0.39, 0.29) is 0 Å². The number of rotatable bonds is 2. The van der Waals surface area contributed by atoms with Gasteiger partial charge in [0, 0.05) is 18.1 Å². The van der Waals surface area contributed by atoms with Gasteiger partial charge in [0.15, 0.2) is 0 Å². The number of hydrogen-bond acceptors (Lipinski definition) is 3. The first-order chi connectivity index (χ1) is 6.37. The molecule has 1 aliphatic carbocycles. The summed E-state index contributed by atoms with van der Waals surface area (Å²) in [5, 5.41) is 0. The molecular formula is C10H19NS2. The van der Waals surface area contributed by atoms with Crippen LogP contribution in [0.5, 0.6) is 0 Å². The monoisotopic (exact) mass is 217 g/mol. The minimum Gasteiger partial charge on any atom is -0.328 e. The van der Waals surface area contributed by atoms with Crippen LogP contribution in [0.25, 0.3) is 0 Å². The SMILES string of the molecule is NCC1(C2CCCCC2)SCCS1. The van der Waals surface area contributed by atoms with E-state index in [1.165, 1.54) is 43.6 Å². The molecule has 1 heterocycles. The van der Waals surface area contributed by atoms with Crippen LogP contribution in [-0.2, 0) is 0 Å². The van der Waals surface area contributed by atoms with Gasteiger partial charge in [-0.3, -0.25) is 0 Å². The number of thioether (sulfide) groups is 2. The van der Waals surface area contributed by atoms with Crippen LogP contribution in [0.15, 0.2) is 0 Å². The van der Waals surface area contributed by atoms with Gasteiger partial charge in [-0.15, -0.1) is 23.5 Å². The molecule has 0 aromatic rings. The van der Waals surface area contributed by atoms with Crippen molar-refractivity contribution in [2.45, 2.75) is 36.2 Å². The van der Waals surface area contributed by atoms with E-state index in [2.05, 4.69) is 23.5 Å². The zero-order chi connectivity index (χ0) is 9.15. The van der Waals surface area contributed by atoms with Gasteiger partial charge >= 0.3 is 0 Å². The van der Waals surface area contributed by atoms with Gasteiger partial charge in [-0.2, -0.15) is 0 Å². The van der Waals surface area contributed by atoms with Gasteiger partial charge in [0.05, 0.1) is 4.08 Å². The Morgan fingerprint density at radius 2 is 1.69 bits per heavy atom. The topological polar surface area (TPSA) is 26.0 Å². The second kappa shape index (κ2) is 4.45. The third-order valence-electron chi connectivity index (χ3n) is 3.29. The Morgan fingerprint density at radius 3 is 2.23 bits per heavy atom. The third-order valence-corrected chi connectivity index (χ3v) is 7.05. The van der Waals surface area contributed by atoms with Gasteiger partial charge in [0.1, 0.15) is 0 Å². The zero-order valence-electron chi connectivity index (χ0n) is 8.13. The van der Waals surface area contributed by atoms with Gasteiger partial charge < -0.3 is 5.73 Å². The van der Waals surface area contributed by atoms with Crippen LogP contribution in [-0.4, -0.2) is 22.1 Å². The van der Waals surface area contributed by atoms with E-state index in [4.69, 9.17) is 5.73 Å². The fourth-order valence-electron chi connectivity index (χ4n) is 2.53. The third kappa shape index (κ3) is 2.02. The van der Waals surface area contributed by atoms with Gasteiger partial charge in [0.25, 0.3) is 0 Å². The highest BCUT2D eigenvalue weighted by molar-refractivity contribution is 8.21. The molecule has 2 N–H and O–H groups in total. The molecule has 0 atom stereocenters. The lowest BCUT2D eigenvalue weighted by Crippen LogP contribution is -2.38. The Labute approximate surface area is 89.6 Å². The lowest BCUT2D eigenvalue weighted by molar-refractivity contribution is 0.336. The van der Waals surface area contributed by atoms with Crippen molar-refractivity contribution in [3.05, 3.63) is 0 Å². The van der Waals surface area contributed by atoms with E-state index in [0.717, 1.165) is 12.5 Å². The molecule has 76 valence electrons. The minimum absolute atomic E-state index is 0.417. The number of nitrogens with two attached hydrogens (primary N) is 1. The minimum atomic E-state index is 0.417. The zero-order valence-corrected chi connectivity index (χ0v) is 9.76. The molecule has 0 amide bonds. The van der Waals surface area contributed by atoms with E-state index in [0.29, 0.717) is 4.08 Å². The normalized spacial score (nSPS) is 29.3. The summed E-state index contributed by atoms with van der Waals surface area (Å²) in [6, 6.07) is 0. The van der Waals surface area contributed by atoms with Crippen molar-refractivity contribution in [3.8, 4) is 0 Å². The van der Waals surface area contributed by atoms with Crippen molar-refractivity contribution >= 4 is 23.5 Å². The maximum absolute atomic E-state index is 5.96. The Balaban J connectivity index is 2.01. The van der Waals surface area contributed by atoms with Gasteiger partial charge in [-0.05, 0) is 18.8 Å². The summed E-state index contributed by atoms with van der Waals surface area (Å²) >= 11 is 4.27. The Kier molecular flexibility index (Phi) is 3.49. The first kappa shape index (κ1) is 10.2. The summed E-state index contributed by atoms with van der Waals surface area (Å²) in [5.74, 6) is 3.54. The predicted octanol–water partition coefficient (Wildman–Crippen LogP) is 2.70. The maximum atomic E-state index is 5.96.